The molecule has 3 fully saturated rings. The van der Waals surface area contributed by atoms with Crippen molar-refractivity contribution in [1.82, 2.24) is 29.9 Å². The number of aromatic nitrogens is 3. The van der Waals surface area contributed by atoms with E-state index in [-0.39, 0.29) is 28.3 Å². The number of fused-ring (bicyclic) bond motifs is 1. The molecule has 11 nitrogen and oxygen atoms in total. The molecule has 204 valence electrons. The van der Waals surface area contributed by atoms with Gasteiger partial charge in [-0.15, -0.1) is 22.0 Å². The first-order chi connectivity index (χ1) is 18.0. The van der Waals surface area contributed by atoms with E-state index >= 15 is 0 Å². The number of alkyl halides is 3. The lowest BCUT2D eigenvalue weighted by Crippen LogP contribution is -2.70. The summed E-state index contributed by atoms with van der Waals surface area (Å²) in [6.07, 6.45) is -0.373. The zero-order valence-corrected chi connectivity index (χ0v) is 21.7. The molecule has 0 spiro atoms. The number of carboxylic acid groups (broad SMARTS) is 1. The monoisotopic (exact) mass is 572 g/mol. The van der Waals surface area contributed by atoms with E-state index in [1.54, 1.807) is 11.0 Å². The standard InChI is InChI=1S/C22H23F3N6O5S2/c1-29-20(22(23,24)25)27-28-21(29)38-9-13(32)26-14-17(34)31-15(19(35)36)12(8-37-18(14)31)6-11-4-5-30(16(11)33)7-10-2-3-10/h6,10,14,18H,2-5,7-9H2,1H3,(H,26,32)(H,35,36)/t14-,18-/m1/s1. The van der Waals surface area contributed by atoms with Gasteiger partial charge in [0, 0.05) is 31.5 Å². The van der Waals surface area contributed by atoms with Crippen molar-refractivity contribution in [2.75, 3.05) is 24.6 Å². The minimum atomic E-state index is -4.69. The number of thioether (sulfide) groups is 2. The lowest BCUT2D eigenvalue weighted by Gasteiger charge is -2.49. The molecular weight excluding hydrogens is 549 g/mol. The molecule has 0 unspecified atom stereocenters. The van der Waals surface area contributed by atoms with Gasteiger partial charge in [-0.25, -0.2) is 4.79 Å². The van der Waals surface area contributed by atoms with Crippen molar-refractivity contribution < 1.29 is 37.5 Å². The molecule has 2 saturated heterocycles. The molecule has 5 rings (SSSR count). The maximum Gasteiger partial charge on any atom is 0.451 e. The van der Waals surface area contributed by atoms with Crippen molar-refractivity contribution >= 4 is 47.2 Å². The van der Waals surface area contributed by atoms with Crippen molar-refractivity contribution in [2.24, 2.45) is 13.0 Å². The van der Waals surface area contributed by atoms with Gasteiger partial charge < -0.3 is 19.9 Å². The van der Waals surface area contributed by atoms with Gasteiger partial charge in [0.25, 0.3) is 5.91 Å². The molecule has 16 heteroatoms. The second kappa shape index (κ2) is 9.94. The van der Waals surface area contributed by atoms with Crippen LogP contribution >= 0.6 is 23.5 Å². The number of amides is 3. The third kappa shape index (κ3) is 5.02. The molecular formula is C22H23F3N6O5S2. The number of nitrogens with zero attached hydrogens (tertiary/aromatic N) is 5. The Labute approximate surface area is 222 Å². The van der Waals surface area contributed by atoms with Gasteiger partial charge in [0.2, 0.25) is 17.6 Å². The van der Waals surface area contributed by atoms with Crippen molar-refractivity contribution in [3.63, 3.8) is 0 Å². The van der Waals surface area contributed by atoms with Crippen molar-refractivity contribution in [3.05, 3.63) is 28.7 Å². The summed E-state index contributed by atoms with van der Waals surface area (Å²) in [6.45, 7) is 1.30. The van der Waals surface area contributed by atoms with Crippen LogP contribution in [0.2, 0.25) is 0 Å². The van der Waals surface area contributed by atoms with Gasteiger partial charge in [0.1, 0.15) is 17.1 Å². The maximum atomic E-state index is 12.9. The first-order valence-corrected chi connectivity index (χ1v) is 13.8. The fourth-order valence-corrected chi connectivity index (χ4v) is 6.61. The number of hydrogen-bond donors (Lipinski definition) is 2. The topological polar surface area (TPSA) is 138 Å². The Morgan fingerprint density at radius 1 is 1.26 bits per heavy atom. The van der Waals surface area contributed by atoms with Crippen LogP contribution in [0.15, 0.2) is 28.1 Å². The van der Waals surface area contributed by atoms with Crippen LogP contribution in [0, 0.1) is 5.92 Å². The molecule has 2 atom stereocenters. The average Bonchev–Trinajstić information content (AvgIpc) is 3.50. The van der Waals surface area contributed by atoms with Gasteiger partial charge in [-0.1, -0.05) is 11.8 Å². The summed E-state index contributed by atoms with van der Waals surface area (Å²) in [6, 6.07) is -0.982. The first kappa shape index (κ1) is 26.6. The molecule has 38 heavy (non-hydrogen) atoms. The summed E-state index contributed by atoms with van der Waals surface area (Å²) >= 11 is 2.00. The minimum Gasteiger partial charge on any atom is -0.477 e. The lowest BCUT2D eigenvalue weighted by atomic mass is 10.0. The van der Waals surface area contributed by atoms with E-state index in [2.05, 4.69) is 15.5 Å². The number of hydrogen-bond acceptors (Lipinski definition) is 8. The molecule has 0 aromatic carbocycles. The van der Waals surface area contributed by atoms with E-state index in [0.717, 1.165) is 41.1 Å². The molecule has 0 radical (unpaired) electrons. The van der Waals surface area contributed by atoms with Crippen molar-refractivity contribution in [1.29, 1.82) is 0 Å². The van der Waals surface area contributed by atoms with Crippen LogP contribution in [0.5, 0.6) is 0 Å². The van der Waals surface area contributed by atoms with E-state index in [1.165, 1.54) is 11.8 Å². The van der Waals surface area contributed by atoms with Crippen LogP contribution in [0.4, 0.5) is 13.2 Å². The number of rotatable bonds is 8. The highest BCUT2D eigenvalue weighted by Gasteiger charge is 2.54. The van der Waals surface area contributed by atoms with Crippen LogP contribution in [0.3, 0.4) is 0 Å². The maximum absolute atomic E-state index is 12.9. The summed E-state index contributed by atoms with van der Waals surface area (Å²) in [5, 5.41) is 18.2. The summed E-state index contributed by atoms with van der Waals surface area (Å²) < 4.78 is 39.4. The molecule has 4 aliphatic rings. The van der Waals surface area contributed by atoms with Gasteiger partial charge in [-0.2, -0.15) is 13.2 Å². The van der Waals surface area contributed by atoms with E-state index in [1.807, 2.05) is 0 Å². The Balaban J connectivity index is 1.23. The highest BCUT2D eigenvalue weighted by atomic mass is 32.2. The van der Waals surface area contributed by atoms with Crippen LogP contribution in [-0.4, -0.2) is 89.4 Å². The van der Waals surface area contributed by atoms with E-state index in [4.69, 9.17) is 0 Å². The van der Waals surface area contributed by atoms with Crippen LogP contribution in [0.1, 0.15) is 25.1 Å². The number of carboxylic acids is 1. The number of halogens is 3. The molecule has 3 amide bonds. The normalized spacial score (nSPS) is 24.7. The summed E-state index contributed by atoms with van der Waals surface area (Å²) in [7, 11) is 1.13. The fourth-order valence-electron chi connectivity index (χ4n) is 4.58. The SMILES string of the molecule is Cn1c(SCC(=O)N[C@@H]2C(=O)N3C(C(=O)O)=C(C=C4CCN(CC5CC5)C4=O)CS[C@H]23)nnc1C(F)(F)F. The number of β-lactam (4-membered cyclic amide) rings is 1. The number of likely N-dealkylation sites (tertiary alicyclic amines) is 1. The predicted octanol–water partition coefficient (Wildman–Crippen LogP) is 1.23. The van der Waals surface area contributed by atoms with Gasteiger partial charge >= 0.3 is 12.1 Å². The Morgan fingerprint density at radius 3 is 2.63 bits per heavy atom. The zero-order chi connectivity index (χ0) is 27.4. The van der Waals surface area contributed by atoms with Crippen LogP contribution < -0.4 is 5.32 Å². The van der Waals surface area contributed by atoms with Gasteiger partial charge in [-0.3, -0.25) is 19.3 Å². The number of allylic oxidation sites excluding steroid dienone is 1. The van der Waals surface area contributed by atoms with Crippen molar-refractivity contribution in [2.45, 2.75) is 42.0 Å². The Bertz CT molecular complexity index is 1270. The smallest absolute Gasteiger partial charge is 0.451 e. The van der Waals surface area contributed by atoms with Crippen LogP contribution in [-0.2, 0) is 32.4 Å². The van der Waals surface area contributed by atoms with Crippen LogP contribution in [0.25, 0.3) is 0 Å². The second-order valence-electron chi connectivity index (χ2n) is 9.40. The van der Waals surface area contributed by atoms with Gasteiger partial charge in [0.15, 0.2) is 5.16 Å². The van der Waals surface area contributed by atoms with E-state index in [0.29, 0.717) is 36.6 Å². The van der Waals surface area contributed by atoms with Gasteiger partial charge in [-0.05, 0) is 36.8 Å². The highest BCUT2D eigenvalue weighted by Crippen LogP contribution is 2.41. The quantitative estimate of drug-likeness (QED) is 0.268. The molecule has 4 heterocycles. The molecule has 2 N–H and O–H groups in total. The second-order valence-corrected chi connectivity index (χ2v) is 11.4. The molecule has 1 aromatic rings. The van der Waals surface area contributed by atoms with E-state index < -0.39 is 41.2 Å². The molecule has 1 aliphatic carbocycles. The molecule has 0 bridgehead atoms. The third-order valence-corrected chi connectivity index (χ3v) is 9.00. The number of carbonyl (C=O) groups excluding carboxylic acids is 3. The highest BCUT2D eigenvalue weighted by molar-refractivity contribution is 8.00. The number of nitrogens with one attached hydrogen (secondary N) is 1. The van der Waals surface area contributed by atoms with Crippen molar-refractivity contribution in [3.8, 4) is 0 Å². The zero-order valence-electron chi connectivity index (χ0n) is 20.0. The minimum absolute atomic E-state index is 0.107. The Hall–Kier alpha value is -3.01. The number of aliphatic carboxylic acids is 1. The first-order valence-electron chi connectivity index (χ1n) is 11.8. The summed E-state index contributed by atoms with van der Waals surface area (Å²) in [5.74, 6) is -3.38. The number of carbonyl (C=O) groups is 4. The average molecular weight is 573 g/mol. The third-order valence-electron chi connectivity index (χ3n) is 6.67. The molecule has 3 aliphatic heterocycles. The Morgan fingerprint density at radius 2 is 2.00 bits per heavy atom. The van der Waals surface area contributed by atoms with E-state index in [9.17, 15) is 37.5 Å². The largest absolute Gasteiger partial charge is 0.477 e. The Kier molecular flexibility index (Phi) is 6.96. The molecule has 1 saturated carbocycles. The molecule has 1 aromatic heterocycles. The summed E-state index contributed by atoms with van der Waals surface area (Å²) in [4.78, 5) is 53.0. The fraction of sp³-hybridized carbons (Fsp3) is 0.545. The van der Waals surface area contributed by atoms with Gasteiger partial charge in [0.05, 0.1) is 5.75 Å². The predicted molar refractivity (Wildman–Crippen MR) is 128 cm³/mol. The lowest BCUT2D eigenvalue weighted by molar-refractivity contribution is -0.150. The summed E-state index contributed by atoms with van der Waals surface area (Å²) in [5.41, 5.74) is 0.677.